The Morgan fingerprint density at radius 3 is 2.09 bits per heavy atom. The number of rotatable bonds is 1. The number of aliphatic hydroxyl groups is 1. The number of hydrogen-bond donors (Lipinski definition) is 1. The molecule has 0 unspecified atom stereocenters. The molecule has 0 radical (unpaired) electrons. The minimum Gasteiger partial charge on any atom is -0.395 e. The van der Waals surface area contributed by atoms with Gasteiger partial charge in [-0.2, -0.15) is 0 Å². The highest BCUT2D eigenvalue weighted by molar-refractivity contribution is 5.01. The first kappa shape index (κ1) is 8.54. The van der Waals surface area contributed by atoms with Gasteiger partial charge in [-0.25, -0.2) is 0 Å². The molecule has 1 rings (SSSR count). The predicted molar refractivity (Wildman–Crippen MR) is 47.3 cm³/mol. The summed E-state index contributed by atoms with van der Waals surface area (Å²) < 4.78 is 0. The molecule has 1 heteroatoms. The Labute approximate surface area is 68.4 Å². The highest BCUT2D eigenvalue weighted by atomic mass is 16.3. The highest BCUT2D eigenvalue weighted by Crippen LogP contribution is 2.09. The second kappa shape index (κ2) is 5.14. The summed E-state index contributed by atoms with van der Waals surface area (Å²) >= 11 is 0. The van der Waals surface area contributed by atoms with Gasteiger partial charge in [0.1, 0.15) is 0 Å². The van der Waals surface area contributed by atoms with Crippen LogP contribution in [-0.4, -0.2) is 11.7 Å². The molecule has 1 N–H and O–H groups in total. The first-order chi connectivity index (χ1) is 5.43. The molecule has 0 atom stereocenters. The normalized spacial score (nSPS) is 26.6. The molecule has 0 spiro atoms. The smallest absolute Gasteiger partial charge is 0.0528 e. The maximum Gasteiger partial charge on any atom is 0.0528 e. The largest absolute Gasteiger partial charge is 0.395 e. The Bertz CT molecular complexity index is 131. The average Bonchev–Trinajstić information content (AvgIpc) is 2.16. The Kier molecular flexibility index (Phi) is 3.99. The first-order valence-corrected chi connectivity index (χ1v) is 4.37. The molecular formula is C10H16O. The van der Waals surface area contributed by atoms with Gasteiger partial charge in [-0.15, -0.1) is 0 Å². The van der Waals surface area contributed by atoms with Crippen molar-refractivity contribution in [2.45, 2.75) is 25.7 Å². The molecule has 0 aliphatic heterocycles. The monoisotopic (exact) mass is 152 g/mol. The lowest BCUT2D eigenvalue weighted by molar-refractivity contribution is 0.273. The van der Waals surface area contributed by atoms with Crippen LogP contribution in [0.4, 0.5) is 0 Å². The van der Waals surface area contributed by atoms with Crippen LogP contribution in [0.25, 0.3) is 0 Å². The molecule has 62 valence electrons. The van der Waals surface area contributed by atoms with Crippen LogP contribution in [0.1, 0.15) is 25.7 Å². The molecule has 1 nitrogen and oxygen atoms in total. The summed E-state index contributed by atoms with van der Waals surface area (Å²) in [6, 6.07) is 0. The molecular weight excluding hydrogens is 136 g/mol. The van der Waals surface area contributed by atoms with Crippen LogP contribution >= 0.6 is 0 Å². The lowest BCUT2D eigenvalue weighted by Crippen LogP contribution is -1.97. The predicted octanol–water partition coefficient (Wildman–Crippen LogP) is 2.28. The lowest BCUT2D eigenvalue weighted by Gasteiger charge is -1.99. The van der Waals surface area contributed by atoms with Gasteiger partial charge in [-0.3, -0.25) is 0 Å². The molecule has 0 aromatic heterocycles. The molecule has 0 bridgehead atoms. The zero-order chi connectivity index (χ0) is 7.94. The van der Waals surface area contributed by atoms with Gasteiger partial charge in [0.25, 0.3) is 0 Å². The van der Waals surface area contributed by atoms with E-state index in [0.29, 0.717) is 0 Å². The minimum absolute atomic E-state index is 0.243. The third-order valence-electron chi connectivity index (χ3n) is 1.97. The fourth-order valence-corrected chi connectivity index (χ4v) is 1.25. The summed E-state index contributed by atoms with van der Waals surface area (Å²) in [6.45, 7) is 0.243. The van der Waals surface area contributed by atoms with Crippen molar-refractivity contribution in [2.75, 3.05) is 6.61 Å². The van der Waals surface area contributed by atoms with Crippen molar-refractivity contribution in [3.8, 4) is 0 Å². The van der Waals surface area contributed by atoms with Crippen molar-refractivity contribution >= 4 is 0 Å². The lowest BCUT2D eigenvalue weighted by atomic mass is 10.1. The van der Waals surface area contributed by atoms with Crippen LogP contribution in [0, 0.1) is 5.92 Å². The standard InChI is InChI=1S/C10H16O/c11-9-10-7-5-3-1-2-4-6-8-10/h5-8,10-11H,1-4,9H2/b7-5-,8-6-. The first-order valence-electron chi connectivity index (χ1n) is 4.37. The molecule has 0 amide bonds. The number of aliphatic hydroxyl groups excluding tert-OH is 1. The highest BCUT2D eigenvalue weighted by Gasteiger charge is 1.97. The van der Waals surface area contributed by atoms with Gasteiger partial charge in [0.15, 0.2) is 0 Å². The van der Waals surface area contributed by atoms with E-state index in [-0.39, 0.29) is 12.5 Å². The topological polar surface area (TPSA) is 20.2 Å². The van der Waals surface area contributed by atoms with Crippen LogP contribution in [-0.2, 0) is 0 Å². The van der Waals surface area contributed by atoms with Crippen LogP contribution in [0.2, 0.25) is 0 Å². The van der Waals surface area contributed by atoms with Gasteiger partial charge in [0.05, 0.1) is 6.61 Å². The average molecular weight is 152 g/mol. The summed E-state index contributed by atoms with van der Waals surface area (Å²) in [7, 11) is 0. The fourth-order valence-electron chi connectivity index (χ4n) is 1.25. The van der Waals surface area contributed by atoms with E-state index < -0.39 is 0 Å². The third kappa shape index (κ3) is 3.38. The van der Waals surface area contributed by atoms with Gasteiger partial charge in [-0.1, -0.05) is 24.3 Å². The molecule has 0 fully saturated rings. The summed E-state index contributed by atoms with van der Waals surface area (Å²) in [5, 5.41) is 8.90. The van der Waals surface area contributed by atoms with Gasteiger partial charge in [0.2, 0.25) is 0 Å². The van der Waals surface area contributed by atoms with E-state index in [1.165, 1.54) is 12.8 Å². The van der Waals surface area contributed by atoms with Crippen molar-refractivity contribution in [3.05, 3.63) is 24.3 Å². The zero-order valence-electron chi connectivity index (χ0n) is 6.87. The van der Waals surface area contributed by atoms with Crippen LogP contribution in [0.15, 0.2) is 24.3 Å². The fraction of sp³-hybridized carbons (Fsp3) is 0.600. The van der Waals surface area contributed by atoms with E-state index in [0.717, 1.165) is 12.8 Å². The maximum atomic E-state index is 8.90. The molecule has 1 aliphatic rings. The second-order valence-corrected chi connectivity index (χ2v) is 2.99. The Morgan fingerprint density at radius 2 is 1.64 bits per heavy atom. The summed E-state index contributed by atoms with van der Waals surface area (Å²) in [5.74, 6) is 0.257. The van der Waals surface area contributed by atoms with Gasteiger partial charge in [0, 0.05) is 5.92 Å². The van der Waals surface area contributed by atoms with Crippen LogP contribution in [0.5, 0.6) is 0 Å². The second-order valence-electron chi connectivity index (χ2n) is 2.99. The van der Waals surface area contributed by atoms with E-state index in [2.05, 4.69) is 24.3 Å². The molecule has 0 aromatic rings. The Morgan fingerprint density at radius 1 is 1.09 bits per heavy atom. The quantitative estimate of drug-likeness (QED) is 0.571. The molecule has 0 saturated carbocycles. The van der Waals surface area contributed by atoms with Crippen LogP contribution < -0.4 is 0 Å². The van der Waals surface area contributed by atoms with Crippen molar-refractivity contribution in [1.29, 1.82) is 0 Å². The minimum atomic E-state index is 0.243. The van der Waals surface area contributed by atoms with Gasteiger partial charge in [-0.05, 0) is 25.7 Å². The summed E-state index contributed by atoms with van der Waals surface area (Å²) in [6.07, 6.45) is 13.4. The van der Waals surface area contributed by atoms with Crippen molar-refractivity contribution in [1.82, 2.24) is 0 Å². The van der Waals surface area contributed by atoms with Gasteiger partial charge >= 0.3 is 0 Å². The molecule has 0 aromatic carbocycles. The summed E-state index contributed by atoms with van der Waals surface area (Å²) in [4.78, 5) is 0. The van der Waals surface area contributed by atoms with Crippen LogP contribution in [0.3, 0.4) is 0 Å². The molecule has 0 heterocycles. The van der Waals surface area contributed by atoms with E-state index in [1.807, 2.05) is 0 Å². The SMILES string of the molecule is OCC1/C=C\CCCC/C=C\1. The van der Waals surface area contributed by atoms with E-state index in [9.17, 15) is 0 Å². The van der Waals surface area contributed by atoms with Crippen molar-refractivity contribution in [2.24, 2.45) is 5.92 Å². The molecule has 11 heavy (non-hydrogen) atoms. The molecule has 0 saturated heterocycles. The van der Waals surface area contributed by atoms with Gasteiger partial charge < -0.3 is 5.11 Å². The third-order valence-corrected chi connectivity index (χ3v) is 1.97. The van der Waals surface area contributed by atoms with E-state index in [1.54, 1.807) is 0 Å². The van der Waals surface area contributed by atoms with E-state index in [4.69, 9.17) is 5.11 Å². The summed E-state index contributed by atoms with van der Waals surface area (Å²) in [5.41, 5.74) is 0. The Balaban J connectivity index is 2.46. The maximum absolute atomic E-state index is 8.90. The number of allylic oxidation sites excluding steroid dienone is 2. The Hall–Kier alpha value is -0.560. The molecule has 1 aliphatic carbocycles. The van der Waals surface area contributed by atoms with E-state index >= 15 is 0 Å². The number of hydrogen-bond acceptors (Lipinski definition) is 1. The zero-order valence-corrected chi connectivity index (χ0v) is 6.87. The van der Waals surface area contributed by atoms with Crippen molar-refractivity contribution in [3.63, 3.8) is 0 Å². The van der Waals surface area contributed by atoms with Crippen molar-refractivity contribution < 1.29 is 5.11 Å².